The SMILES string of the molecule is O=C(NCc1ccccc1F)c1cccc(C(=O)Nc2c(F)cccc2F)c1. The summed E-state index contributed by atoms with van der Waals surface area (Å²) >= 11 is 0. The highest BCUT2D eigenvalue weighted by molar-refractivity contribution is 6.06. The molecule has 0 saturated heterocycles. The van der Waals surface area contributed by atoms with E-state index in [0.29, 0.717) is 5.56 Å². The van der Waals surface area contributed by atoms with Crippen LogP contribution in [0.4, 0.5) is 18.9 Å². The summed E-state index contributed by atoms with van der Waals surface area (Å²) in [4.78, 5) is 24.6. The van der Waals surface area contributed by atoms with Gasteiger partial charge in [-0.25, -0.2) is 13.2 Å². The Bertz CT molecular complexity index is 1020. The van der Waals surface area contributed by atoms with Gasteiger partial charge in [-0.3, -0.25) is 9.59 Å². The molecule has 4 nitrogen and oxygen atoms in total. The number of carbonyl (C=O) groups is 2. The molecule has 0 radical (unpaired) electrons. The monoisotopic (exact) mass is 384 g/mol. The van der Waals surface area contributed by atoms with Gasteiger partial charge in [-0.15, -0.1) is 0 Å². The number of rotatable bonds is 5. The third kappa shape index (κ3) is 4.37. The molecule has 0 aromatic heterocycles. The van der Waals surface area contributed by atoms with Crippen LogP contribution in [0.15, 0.2) is 66.7 Å². The Labute approximate surface area is 159 Å². The van der Waals surface area contributed by atoms with Crippen LogP contribution in [0.3, 0.4) is 0 Å². The molecular weight excluding hydrogens is 369 g/mol. The first-order valence-electron chi connectivity index (χ1n) is 8.33. The second kappa shape index (κ2) is 8.39. The molecule has 3 aromatic carbocycles. The molecule has 3 aromatic rings. The van der Waals surface area contributed by atoms with Crippen LogP contribution in [0.25, 0.3) is 0 Å². The van der Waals surface area contributed by atoms with E-state index in [1.165, 1.54) is 36.4 Å². The topological polar surface area (TPSA) is 58.2 Å². The van der Waals surface area contributed by atoms with Crippen molar-refractivity contribution in [1.82, 2.24) is 5.32 Å². The van der Waals surface area contributed by atoms with Crippen molar-refractivity contribution < 1.29 is 22.8 Å². The van der Waals surface area contributed by atoms with Crippen LogP contribution in [0, 0.1) is 17.5 Å². The number of benzene rings is 3. The quantitative estimate of drug-likeness (QED) is 0.690. The summed E-state index contributed by atoms with van der Waals surface area (Å²) in [7, 11) is 0. The van der Waals surface area contributed by atoms with Gasteiger partial charge in [0.1, 0.15) is 23.1 Å². The van der Waals surface area contributed by atoms with E-state index in [9.17, 15) is 22.8 Å². The molecule has 7 heteroatoms. The van der Waals surface area contributed by atoms with Crippen LogP contribution in [-0.2, 0) is 6.54 Å². The van der Waals surface area contributed by atoms with Gasteiger partial charge in [0.05, 0.1) is 0 Å². The molecule has 0 fully saturated rings. The van der Waals surface area contributed by atoms with Gasteiger partial charge in [-0.05, 0) is 36.4 Å². The summed E-state index contributed by atoms with van der Waals surface area (Å²) in [6.07, 6.45) is 0. The van der Waals surface area contributed by atoms with Gasteiger partial charge in [-0.1, -0.05) is 30.3 Å². The fourth-order valence-corrected chi connectivity index (χ4v) is 2.52. The lowest BCUT2D eigenvalue weighted by molar-refractivity contribution is 0.0950. The Morgan fingerprint density at radius 2 is 1.29 bits per heavy atom. The third-order valence-electron chi connectivity index (χ3n) is 3.99. The fourth-order valence-electron chi connectivity index (χ4n) is 2.52. The van der Waals surface area contributed by atoms with Gasteiger partial charge in [0.15, 0.2) is 0 Å². The third-order valence-corrected chi connectivity index (χ3v) is 3.99. The molecule has 142 valence electrons. The highest BCUT2D eigenvalue weighted by Gasteiger charge is 2.15. The van der Waals surface area contributed by atoms with Crippen molar-refractivity contribution in [3.05, 3.63) is 101 Å². The van der Waals surface area contributed by atoms with Gasteiger partial charge in [0, 0.05) is 23.2 Å². The largest absolute Gasteiger partial charge is 0.348 e. The highest BCUT2D eigenvalue weighted by atomic mass is 19.1. The average molecular weight is 384 g/mol. The van der Waals surface area contributed by atoms with Crippen LogP contribution in [0.1, 0.15) is 26.3 Å². The zero-order valence-corrected chi connectivity index (χ0v) is 14.5. The zero-order valence-electron chi connectivity index (χ0n) is 14.5. The van der Waals surface area contributed by atoms with E-state index < -0.39 is 35.0 Å². The molecular formula is C21H15F3N2O2. The molecule has 0 aliphatic rings. The lowest BCUT2D eigenvalue weighted by Gasteiger charge is -2.09. The molecule has 0 atom stereocenters. The maximum Gasteiger partial charge on any atom is 0.255 e. The van der Waals surface area contributed by atoms with Crippen molar-refractivity contribution >= 4 is 17.5 Å². The average Bonchev–Trinajstić information content (AvgIpc) is 2.70. The Morgan fingerprint density at radius 3 is 1.96 bits per heavy atom. The van der Waals surface area contributed by atoms with E-state index in [-0.39, 0.29) is 17.7 Å². The van der Waals surface area contributed by atoms with Crippen molar-refractivity contribution in [3.8, 4) is 0 Å². The molecule has 3 rings (SSSR count). The van der Waals surface area contributed by atoms with E-state index in [1.807, 2.05) is 0 Å². The predicted octanol–water partition coefficient (Wildman–Crippen LogP) is 4.29. The van der Waals surface area contributed by atoms with Crippen molar-refractivity contribution in [2.75, 3.05) is 5.32 Å². The first-order chi connectivity index (χ1) is 13.5. The first-order valence-corrected chi connectivity index (χ1v) is 8.33. The van der Waals surface area contributed by atoms with Gasteiger partial charge < -0.3 is 10.6 Å². The number of carbonyl (C=O) groups excluding carboxylic acids is 2. The van der Waals surface area contributed by atoms with Gasteiger partial charge >= 0.3 is 0 Å². The fraction of sp³-hybridized carbons (Fsp3) is 0.0476. The number of hydrogen-bond donors (Lipinski definition) is 2. The maximum atomic E-state index is 13.7. The summed E-state index contributed by atoms with van der Waals surface area (Å²) in [6, 6.07) is 14.9. The van der Waals surface area contributed by atoms with Crippen LogP contribution < -0.4 is 10.6 Å². The summed E-state index contributed by atoms with van der Waals surface area (Å²) in [6.45, 7) is -0.0254. The Balaban J connectivity index is 1.72. The lowest BCUT2D eigenvalue weighted by Crippen LogP contribution is -2.24. The molecule has 0 bridgehead atoms. The minimum atomic E-state index is -0.910. The smallest absolute Gasteiger partial charge is 0.255 e. The molecule has 2 N–H and O–H groups in total. The molecule has 28 heavy (non-hydrogen) atoms. The number of amides is 2. The second-order valence-corrected chi connectivity index (χ2v) is 5.91. The maximum absolute atomic E-state index is 13.7. The standard InChI is InChI=1S/C21H15F3N2O2/c22-16-8-2-1-5-15(16)12-25-20(27)13-6-3-7-14(11-13)21(28)26-19-17(23)9-4-10-18(19)24/h1-11H,12H2,(H,25,27)(H,26,28). The summed E-state index contributed by atoms with van der Waals surface area (Å²) in [5.74, 6) is -3.55. The summed E-state index contributed by atoms with van der Waals surface area (Å²) in [5.41, 5.74) is -0.0547. The molecule has 2 amide bonds. The Kier molecular flexibility index (Phi) is 5.74. The molecule has 0 aliphatic heterocycles. The van der Waals surface area contributed by atoms with Crippen LogP contribution in [-0.4, -0.2) is 11.8 Å². The van der Waals surface area contributed by atoms with E-state index in [1.54, 1.807) is 18.2 Å². The van der Waals surface area contributed by atoms with Crippen molar-refractivity contribution in [2.45, 2.75) is 6.54 Å². The zero-order chi connectivity index (χ0) is 20.1. The van der Waals surface area contributed by atoms with Crippen molar-refractivity contribution in [1.29, 1.82) is 0 Å². The number of anilines is 1. The predicted molar refractivity (Wildman–Crippen MR) is 98.3 cm³/mol. The number of halogens is 3. The summed E-state index contributed by atoms with van der Waals surface area (Å²) < 4.78 is 41.0. The minimum Gasteiger partial charge on any atom is -0.348 e. The van der Waals surface area contributed by atoms with E-state index in [0.717, 1.165) is 12.1 Å². The van der Waals surface area contributed by atoms with Gasteiger partial charge in [-0.2, -0.15) is 0 Å². The van der Waals surface area contributed by atoms with Crippen LogP contribution in [0.5, 0.6) is 0 Å². The van der Waals surface area contributed by atoms with Crippen LogP contribution in [0.2, 0.25) is 0 Å². The number of hydrogen-bond acceptors (Lipinski definition) is 2. The minimum absolute atomic E-state index is 0.0254. The molecule has 0 aliphatic carbocycles. The van der Waals surface area contributed by atoms with Crippen molar-refractivity contribution in [2.24, 2.45) is 0 Å². The van der Waals surface area contributed by atoms with Crippen molar-refractivity contribution in [3.63, 3.8) is 0 Å². The number of para-hydroxylation sites is 1. The Morgan fingerprint density at radius 1 is 0.714 bits per heavy atom. The lowest BCUT2D eigenvalue weighted by atomic mass is 10.1. The number of nitrogens with one attached hydrogen (secondary N) is 2. The molecule has 0 heterocycles. The molecule has 0 saturated carbocycles. The van der Waals surface area contributed by atoms with E-state index in [2.05, 4.69) is 10.6 Å². The molecule has 0 unspecified atom stereocenters. The second-order valence-electron chi connectivity index (χ2n) is 5.91. The van der Waals surface area contributed by atoms with Crippen LogP contribution >= 0.6 is 0 Å². The van der Waals surface area contributed by atoms with Gasteiger partial charge in [0.2, 0.25) is 0 Å². The first kappa shape index (κ1) is 19.2. The van der Waals surface area contributed by atoms with Gasteiger partial charge in [0.25, 0.3) is 11.8 Å². The molecule has 0 spiro atoms. The Hall–Kier alpha value is -3.61. The van der Waals surface area contributed by atoms with E-state index in [4.69, 9.17) is 0 Å². The summed E-state index contributed by atoms with van der Waals surface area (Å²) in [5, 5.41) is 4.72. The highest BCUT2D eigenvalue weighted by Crippen LogP contribution is 2.19. The van der Waals surface area contributed by atoms with E-state index >= 15 is 0 Å². The normalized spacial score (nSPS) is 10.4.